The fourth-order valence-electron chi connectivity index (χ4n) is 1.57. The second-order valence-corrected chi connectivity index (χ2v) is 5.65. The van der Waals surface area contributed by atoms with E-state index in [1.807, 2.05) is 12.4 Å². The van der Waals surface area contributed by atoms with Crippen LogP contribution in [-0.4, -0.2) is 26.8 Å². The number of thiophene rings is 1. The molecule has 0 spiro atoms. The Balaban J connectivity index is 2.04. The molecule has 3 nitrogen and oxygen atoms in total. The zero-order chi connectivity index (χ0) is 10.9. The molecule has 1 aromatic rings. The van der Waals surface area contributed by atoms with Crippen molar-refractivity contribution in [3.05, 3.63) is 15.9 Å². The highest BCUT2D eigenvalue weighted by Crippen LogP contribution is 2.32. The Bertz CT molecular complexity index is 394. The molecule has 1 aliphatic heterocycles. The van der Waals surface area contributed by atoms with Crippen LogP contribution in [0.3, 0.4) is 0 Å². The standard InChI is InChI=1S/C10H11BrN2OS/c1-13(9-2-8(11)3-15-9)5-10(4-12)6-14-7-10/h2-3H,5-7H2,1H3. The maximum Gasteiger partial charge on any atom is 0.121 e. The molecule has 0 atom stereocenters. The topological polar surface area (TPSA) is 36.3 Å². The first kappa shape index (κ1) is 10.9. The molecule has 0 radical (unpaired) electrons. The van der Waals surface area contributed by atoms with Crippen LogP contribution in [0.4, 0.5) is 5.00 Å². The number of rotatable bonds is 3. The van der Waals surface area contributed by atoms with E-state index < -0.39 is 0 Å². The lowest BCUT2D eigenvalue weighted by Crippen LogP contribution is -2.49. The molecule has 1 fully saturated rings. The highest BCUT2D eigenvalue weighted by Gasteiger charge is 2.40. The molecule has 0 amide bonds. The van der Waals surface area contributed by atoms with Crippen molar-refractivity contribution in [2.24, 2.45) is 5.41 Å². The van der Waals surface area contributed by atoms with Crippen molar-refractivity contribution in [2.45, 2.75) is 0 Å². The van der Waals surface area contributed by atoms with Crippen molar-refractivity contribution in [3.8, 4) is 6.07 Å². The van der Waals surface area contributed by atoms with E-state index in [0.29, 0.717) is 13.2 Å². The van der Waals surface area contributed by atoms with E-state index in [4.69, 9.17) is 10.00 Å². The van der Waals surface area contributed by atoms with Crippen LogP contribution in [0, 0.1) is 16.7 Å². The molecule has 5 heteroatoms. The molecule has 0 N–H and O–H groups in total. The third kappa shape index (κ3) is 2.17. The summed E-state index contributed by atoms with van der Waals surface area (Å²) in [7, 11) is 2.01. The van der Waals surface area contributed by atoms with Crippen LogP contribution in [0.1, 0.15) is 0 Å². The molecule has 1 aromatic heterocycles. The number of halogens is 1. The lowest BCUT2D eigenvalue weighted by molar-refractivity contribution is -0.0716. The second kappa shape index (κ2) is 4.12. The van der Waals surface area contributed by atoms with E-state index in [9.17, 15) is 0 Å². The minimum absolute atomic E-state index is 0.300. The zero-order valence-corrected chi connectivity index (χ0v) is 10.8. The monoisotopic (exact) mass is 286 g/mol. The van der Waals surface area contributed by atoms with Gasteiger partial charge in [-0.05, 0) is 22.0 Å². The molecule has 2 rings (SSSR count). The molecule has 80 valence electrons. The normalized spacial score (nSPS) is 17.9. The highest BCUT2D eigenvalue weighted by molar-refractivity contribution is 9.10. The van der Waals surface area contributed by atoms with Gasteiger partial charge in [-0.25, -0.2) is 0 Å². The van der Waals surface area contributed by atoms with E-state index in [-0.39, 0.29) is 5.41 Å². The van der Waals surface area contributed by atoms with Gasteiger partial charge in [0.2, 0.25) is 0 Å². The number of hydrogen-bond donors (Lipinski definition) is 0. The van der Waals surface area contributed by atoms with Crippen molar-refractivity contribution in [1.82, 2.24) is 0 Å². The fourth-order valence-corrected chi connectivity index (χ4v) is 2.96. The molecule has 2 heterocycles. The molecular weight excluding hydrogens is 276 g/mol. The van der Waals surface area contributed by atoms with Gasteiger partial charge in [-0.2, -0.15) is 5.26 Å². The van der Waals surface area contributed by atoms with Gasteiger partial charge in [-0.3, -0.25) is 0 Å². The Hall–Kier alpha value is -0.570. The van der Waals surface area contributed by atoms with Crippen molar-refractivity contribution in [2.75, 3.05) is 31.7 Å². The summed E-state index contributed by atoms with van der Waals surface area (Å²) in [4.78, 5) is 2.11. The van der Waals surface area contributed by atoms with Crippen LogP contribution in [0.25, 0.3) is 0 Å². The van der Waals surface area contributed by atoms with Crippen LogP contribution in [0.15, 0.2) is 15.9 Å². The summed E-state index contributed by atoms with van der Waals surface area (Å²) >= 11 is 5.09. The third-order valence-electron chi connectivity index (χ3n) is 2.46. The van der Waals surface area contributed by atoms with E-state index in [0.717, 1.165) is 11.0 Å². The summed E-state index contributed by atoms with van der Waals surface area (Å²) in [6.07, 6.45) is 0. The van der Waals surface area contributed by atoms with Gasteiger partial charge in [-0.1, -0.05) is 0 Å². The summed E-state index contributed by atoms with van der Waals surface area (Å²) in [5, 5.41) is 12.3. The first-order valence-electron chi connectivity index (χ1n) is 4.59. The third-order valence-corrected chi connectivity index (χ3v) is 4.27. The lowest BCUT2D eigenvalue weighted by Gasteiger charge is -2.38. The summed E-state index contributed by atoms with van der Waals surface area (Å²) in [5.41, 5.74) is -0.300. The zero-order valence-electron chi connectivity index (χ0n) is 8.36. The Morgan fingerprint density at radius 1 is 1.73 bits per heavy atom. The summed E-state index contributed by atoms with van der Waals surface area (Å²) in [5.74, 6) is 0. The Morgan fingerprint density at radius 2 is 2.47 bits per heavy atom. The predicted octanol–water partition coefficient (Wildman–Crippen LogP) is 2.49. The summed E-state index contributed by atoms with van der Waals surface area (Å²) in [6, 6.07) is 4.41. The van der Waals surface area contributed by atoms with E-state index in [1.165, 1.54) is 5.00 Å². The number of nitriles is 1. The molecule has 0 unspecified atom stereocenters. The van der Waals surface area contributed by atoms with Gasteiger partial charge in [0.05, 0.1) is 24.3 Å². The lowest BCUT2D eigenvalue weighted by atomic mass is 9.87. The van der Waals surface area contributed by atoms with Gasteiger partial charge >= 0.3 is 0 Å². The van der Waals surface area contributed by atoms with Crippen molar-refractivity contribution < 1.29 is 4.74 Å². The van der Waals surface area contributed by atoms with Crippen LogP contribution in [-0.2, 0) is 4.74 Å². The van der Waals surface area contributed by atoms with Gasteiger partial charge in [-0.15, -0.1) is 11.3 Å². The van der Waals surface area contributed by atoms with Gasteiger partial charge in [0, 0.05) is 23.4 Å². The molecule has 1 saturated heterocycles. The van der Waals surface area contributed by atoms with Gasteiger partial charge in [0.25, 0.3) is 0 Å². The van der Waals surface area contributed by atoms with Gasteiger partial charge in [0.15, 0.2) is 0 Å². The maximum absolute atomic E-state index is 9.08. The van der Waals surface area contributed by atoms with Gasteiger partial charge < -0.3 is 9.64 Å². The summed E-state index contributed by atoms with van der Waals surface area (Å²) in [6.45, 7) is 1.84. The molecule has 15 heavy (non-hydrogen) atoms. The molecular formula is C10H11BrN2OS. The minimum Gasteiger partial charge on any atom is -0.378 e. The molecule has 0 aliphatic carbocycles. The van der Waals surface area contributed by atoms with Crippen molar-refractivity contribution in [3.63, 3.8) is 0 Å². The molecule has 0 saturated carbocycles. The Morgan fingerprint density at radius 3 is 2.87 bits per heavy atom. The first-order valence-corrected chi connectivity index (χ1v) is 6.27. The predicted molar refractivity (Wildman–Crippen MR) is 64.2 cm³/mol. The number of anilines is 1. The highest BCUT2D eigenvalue weighted by atomic mass is 79.9. The summed E-state index contributed by atoms with van der Waals surface area (Å²) < 4.78 is 6.20. The SMILES string of the molecule is CN(CC1(C#N)COC1)c1cc(Br)cs1. The smallest absolute Gasteiger partial charge is 0.121 e. The van der Waals surface area contributed by atoms with Crippen LogP contribution in [0.5, 0.6) is 0 Å². The molecule has 0 aromatic carbocycles. The Kier molecular flexibility index (Phi) is 3.01. The van der Waals surface area contributed by atoms with E-state index in [1.54, 1.807) is 11.3 Å². The number of ether oxygens (including phenoxy) is 1. The first-order chi connectivity index (χ1) is 7.15. The fraction of sp³-hybridized carbons (Fsp3) is 0.500. The second-order valence-electron chi connectivity index (χ2n) is 3.84. The average molecular weight is 287 g/mol. The van der Waals surface area contributed by atoms with Crippen molar-refractivity contribution >= 4 is 32.3 Å². The number of nitrogens with zero attached hydrogens (tertiary/aromatic N) is 2. The minimum atomic E-state index is -0.300. The van der Waals surface area contributed by atoms with Crippen LogP contribution in [0.2, 0.25) is 0 Å². The van der Waals surface area contributed by atoms with Crippen LogP contribution >= 0.6 is 27.3 Å². The quantitative estimate of drug-likeness (QED) is 0.857. The largest absolute Gasteiger partial charge is 0.378 e. The van der Waals surface area contributed by atoms with Gasteiger partial charge in [0.1, 0.15) is 5.41 Å². The van der Waals surface area contributed by atoms with E-state index in [2.05, 4.69) is 33.0 Å². The van der Waals surface area contributed by atoms with E-state index >= 15 is 0 Å². The molecule has 1 aliphatic rings. The van der Waals surface area contributed by atoms with Crippen LogP contribution < -0.4 is 4.90 Å². The maximum atomic E-state index is 9.08. The average Bonchev–Trinajstić information content (AvgIpc) is 2.58. The Labute approximate surface area is 101 Å². The molecule has 0 bridgehead atoms. The number of hydrogen-bond acceptors (Lipinski definition) is 4. The van der Waals surface area contributed by atoms with Crippen molar-refractivity contribution in [1.29, 1.82) is 5.26 Å².